The number of halogens is 1. The summed E-state index contributed by atoms with van der Waals surface area (Å²) in [6, 6.07) is 9.47. The first-order valence-corrected chi connectivity index (χ1v) is 10.0. The number of carbonyl (C=O) groups is 1. The van der Waals surface area contributed by atoms with Crippen LogP contribution < -0.4 is 5.73 Å². The lowest BCUT2D eigenvalue weighted by Crippen LogP contribution is -2.45. The number of pyridine rings is 1. The first-order valence-electron chi connectivity index (χ1n) is 8.83. The third-order valence-corrected chi connectivity index (χ3v) is 7.35. The molecular formula is C20H18ClN3OS. The van der Waals surface area contributed by atoms with E-state index in [1.165, 1.54) is 22.5 Å². The summed E-state index contributed by atoms with van der Waals surface area (Å²) >= 11 is 7.86. The van der Waals surface area contributed by atoms with E-state index in [0.717, 1.165) is 29.1 Å². The minimum Gasteiger partial charge on any atom is -0.366 e. The Morgan fingerprint density at radius 3 is 2.69 bits per heavy atom. The Morgan fingerprint density at radius 2 is 1.92 bits per heavy atom. The van der Waals surface area contributed by atoms with E-state index < -0.39 is 0 Å². The van der Waals surface area contributed by atoms with Crippen LogP contribution in [0.25, 0.3) is 10.2 Å². The maximum Gasteiger partial charge on any atom is 0.248 e. The number of aromatic nitrogens is 2. The molecule has 0 aliphatic heterocycles. The average Bonchev–Trinajstić information content (AvgIpc) is 2.95. The largest absolute Gasteiger partial charge is 0.366 e. The van der Waals surface area contributed by atoms with Gasteiger partial charge in [-0.3, -0.25) is 9.78 Å². The quantitative estimate of drug-likeness (QED) is 0.700. The number of benzene rings is 1. The van der Waals surface area contributed by atoms with Gasteiger partial charge in [0.05, 0.1) is 15.2 Å². The summed E-state index contributed by atoms with van der Waals surface area (Å²) < 4.78 is 1.21. The molecule has 1 aromatic carbocycles. The smallest absolute Gasteiger partial charge is 0.248 e. The number of rotatable bonds is 3. The molecule has 3 aromatic rings. The predicted molar refractivity (Wildman–Crippen MR) is 104 cm³/mol. The van der Waals surface area contributed by atoms with Gasteiger partial charge in [0.2, 0.25) is 5.91 Å². The van der Waals surface area contributed by atoms with E-state index >= 15 is 0 Å². The monoisotopic (exact) mass is 383 g/mol. The van der Waals surface area contributed by atoms with Gasteiger partial charge in [0.1, 0.15) is 0 Å². The van der Waals surface area contributed by atoms with Crippen molar-refractivity contribution in [1.29, 1.82) is 0 Å². The molecule has 0 saturated heterocycles. The summed E-state index contributed by atoms with van der Waals surface area (Å²) in [6.07, 6.45) is 6.39. The summed E-state index contributed by atoms with van der Waals surface area (Å²) in [5.41, 5.74) is 8.38. The zero-order chi connectivity index (χ0) is 17.9. The Kier molecular flexibility index (Phi) is 3.59. The summed E-state index contributed by atoms with van der Waals surface area (Å²) in [6.45, 7) is 0. The van der Waals surface area contributed by atoms with Crippen LogP contribution in [0.15, 0.2) is 36.5 Å². The topological polar surface area (TPSA) is 68.9 Å². The van der Waals surface area contributed by atoms with E-state index in [9.17, 15) is 4.79 Å². The van der Waals surface area contributed by atoms with Crippen molar-refractivity contribution in [2.75, 3.05) is 0 Å². The SMILES string of the molecule is NC(=O)c1ccnc(C2CC3(C2)CC(c2nc4cc(Cl)ccc4s2)C3)c1. The summed E-state index contributed by atoms with van der Waals surface area (Å²) in [5.74, 6) is 0.629. The molecule has 132 valence electrons. The number of carbonyl (C=O) groups excluding carboxylic acids is 1. The third-order valence-electron chi connectivity index (χ3n) is 5.92. The van der Waals surface area contributed by atoms with Gasteiger partial charge in [-0.25, -0.2) is 4.98 Å². The number of amides is 1. The van der Waals surface area contributed by atoms with Crippen LogP contribution in [-0.4, -0.2) is 15.9 Å². The summed E-state index contributed by atoms with van der Waals surface area (Å²) in [4.78, 5) is 20.6. The molecule has 2 saturated carbocycles. The molecule has 0 radical (unpaired) electrons. The van der Waals surface area contributed by atoms with Crippen molar-refractivity contribution in [3.05, 3.63) is 57.8 Å². The number of hydrogen-bond donors (Lipinski definition) is 1. The van der Waals surface area contributed by atoms with Gasteiger partial charge in [-0.05, 0) is 61.4 Å². The molecule has 1 amide bonds. The van der Waals surface area contributed by atoms with Crippen LogP contribution in [0.3, 0.4) is 0 Å². The second-order valence-electron chi connectivity index (χ2n) is 7.71. The van der Waals surface area contributed by atoms with Crippen molar-refractivity contribution in [3.8, 4) is 0 Å². The number of thiazole rings is 1. The Labute approximate surface area is 160 Å². The van der Waals surface area contributed by atoms with Crippen LogP contribution in [0.4, 0.5) is 0 Å². The maximum atomic E-state index is 11.4. The molecule has 6 heteroatoms. The fourth-order valence-electron chi connectivity index (χ4n) is 4.61. The molecule has 0 unspecified atom stereocenters. The van der Waals surface area contributed by atoms with Crippen LogP contribution >= 0.6 is 22.9 Å². The molecule has 2 N–H and O–H groups in total. The van der Waals surface area contributed by atoms with Crippen molar-refractivity contribution in [1.82, 2.24) is 9.97 Å². The van der Waals surface area contributed by atoms with E-state index in [1.807, 2.05) is 18.2 Å². The normalized spacial score (nSPS) is 27.3. The lowest BCUT2D eigenvalue weighted by atomic mass is 9.48. The van der Waals surface area contributed by atoms with Gasteiger partial charge in [-0.15, -0.1) is 11.3 Å². The Morgan fingerprint density at radius 1 is 1.15 bits per heavy atom. The highest BCUT2D eigenvalue weighted by atomic mass is 35.5. The molecule has 2 aliphatic carbocycles. The zero-order valence-corrected chi connectivity index (χ0v) is 15.7. The minimum absolute atomic E-state index is 0.387. The Bertz CT molecular complexity index is 1020. The second-order valence-corrected chi connectivity index (χ2v) is 9.21. The zero-order valence-electron chi connectivity index (χ0n) is 14.1. The molecule has 2 aromatic heterocycles. The van der Waals surface area contributed by atoms with Crippen molar-refractivity contribution >= 4 is 39.1 Å². The molecule has 5 rings (SSSR count). The van der Waals surface area contributed by atoms with Crippen LogP contribution in [-0.2, 0) is 0 Å². The molecule has 2 aliphatic rings. The predicted octanol–water partition coefficient (Wildman–Crippen LogP) is 4.89. The summed E-state index contributed by atoms with van der Waals surface area (Å²) in [7, 11) is 0. The number of nitrogens with zero attached hydrogens (tertiary/aromatic N) is 2. The van der Waals surface area contributed by atoms with Gasteiger partial charge in [-0.2, -0.15) is 0 Å². The van der Waals surface area contributed by atoms with E-state index in [0.29, 0.717) is 22.8 Å². The van der Waals surface area contributed by atoms with Crippen LogP contribution in [0, 0.1) is 5.41 Å². The molecule has 4 nitrogen and oxygen atoms in total. The number of nitrogens with two attached hydrogens (primary N) is 1. The fraction of sp³-hybridized carbons (Fsp3) is 0.350. The highest BCUT2D eigenvalue weighted by molar-refractivity contribution is 7.18. The minimum atomic E-state index is -0.387. The van der Waals surface area contributed by atoms with Crippen LogP contribution in [0.2, 0.25) is 5.02 Å². The average molecular weight is 384 g/mol. The lowest BCUT2D eigenvalue weighted by molar-refractivity contribution is -0.0124. The molecule has 0 atom stereocenters. The second kappa shape index (κ2) is 5.76. The standard InChI is InChI=1S/C20H18ClN3OS/c21-14-1-2-17-16(6-14)24-19(26-17)13-9-20(10-13)7-12(8-20)15-5-11(18(22)25)3-4-23-15/h1-6,12-13H,7-10H2,(H2,22,25). The van der Waals surface area contributed by atoms with E-state index in [1.54, 1.807) is 23.6 Å². The first kappa shape index (κ1) is 16.2. The number of fused-ring (bicyclic) bond motifs is 1. The van der Waals surface area contributed by atoms with Gasteiger partial charge < -0.3 is 5.73 Å². The van der Waals surface area contributed by atoms with Crippen molar-refractivity contribution < 1.29 is 4.79 Å². The van der Waals surface area contributed by atoms with Crippen molar-refractivity contribution in [2.24, 2.45) is 11.1 Å². The summed E-state index contributed by atoms with van der Waals surface area (Å²) in [5, 5.41) is 1.98. The van der Waals surface area contributed by atoms with E-state index in [-0.39, 0.29) is 5.91 Å². The maximum absolute atomic E-state index is 11.4. The molecule has 1 spiro atoms. The van der Waals surface area contributed by atoms with Crippen molar-refractivity contribution in [3.63, 3.8) is 0 Å². The number of hydrogen-bond acceptors (Lipinski definition) is 4. The lowest BCUT2D eigenvalue weighted by Gasteiger charge is -2.57. The van der Waals surface area contributed by atoms with Gasteiger partial charge in [0.25, 0.3) is 0 Å². The highest BCUT2D eigenvalue weighted by Gasteiger charge is 2.54. The third kappa shape index (κ3) is 2.61. The molecule has 26 heavy (non-hydrogen) atoms. The highest BCUT2D eigenvalue weighted by Crippen LogP contribution is 2.66. The van der Waals surface area contributed by atoms with Gasteiger partial charge in [0.15, 0.2) is 0 Å². The molecular weight excluding hydrogens is 366 g/mol. The Hall–Kier alpha value is -1.98. The van der Waals surface area contributed by atoms with E-state index in [4.69, 9.17) is 22.3 Å². The van der Waals surface area contributed by atoms with Gasteiger partial charge in [0, 0.05) is 34.3 Å². The van der Waals surface area contributed by atoms with Gasteiger partial charge in [-0.1, -0.05) is 11.6 Å². The molecule has 2 fully saturated rings. The van der Waals surface area contributed by atoms with Crippen LogP contribution in [0.1, 0.15) is 58.6 Å². The van der Waals surface area contributed by atoms with Crippen molar-refractivity contribution in [2.45, 2.75) is 37.5 Å². The van der Waals surface area contributed by atoms with Gasteiger partial charge >= 0.3 is 0 Å². The molecule has 0 bridgehead atoms. The van der Waals surface area contributed by atoms with E-state index in [2.05, 4.69) is 11.1 Å². The number of primary amides is 1. The van der Waals surface area contributed by atoms with Crippen LogP contribution in [0.5, 0.6) is 0 Å². The fourth-order valence-corrected chi connectivity index (χ4v) is 5.82. The Balaban J connectivity index is 1.26. The molecule has 2 heterocycles. The first-order chi connectivity index (χ1) is 12.5.